The summed E-state index contributed by atoms with van der Waals surface area (Å²) in [7, 11) is 2.02. The Kier molecular flexibility index (Phi) is 4.23. The fraction of sp³-hybridized carbons (Fsp3) is 0.870. The SMILES string of the molecule is CCC#C[C@]1(O)CC[C@H]2[C@@H]3CC[C@H]4N(C)C(=O)CC[C@]4(C)[C@H]3CC[C@@]21C. The molecule has 7 atom stereocenters. The lowest BCUT2D eigenvalue weighted by Crippen LogP contribution is -2.62. The molecule has 1 amide bonds. The molecule has 1 aliphatic heterocycles. The maximum atomic E-state index is 12.2. The lowest BCUT2D eigenvalue weighted by molar-refractivity contribution is -0.163. The summed E-state index contributed by atoms with van der Waals surface area (Å²) >= 11 is 0. The van der Waals surface area contributed by atoms with E-state index in [9.17, 15) is 9.90 Å². The van der Waals surface area contributed by atoms with Gasteiger partial charge in [0.1, 0.15) is 5.60 Å². The van der Waals surface area contributed by atoms with E-state index < -0.39 is 5.60 Å². The molecule has 1 heterocycles. The minimum Gasteiger partial charge on any atom is -0.377 e. The topological polar surface area (TPSA) is 40.5 Å². The molecule has 0 aromatic heterocycles. The van der Waals surface area contributed by atoms with Crippen molar-refractivity contribution in [2.24, 2.45) is 28.6 Å². The fourth-order valence-electron chi connectivity index (χ4n) is 7.61. The number of carbonyl (C=O) groups is 1. The van der Waals surface area contributed by atoms with E-state index in [0.29, 0.717) is 36.1 Å². The first-order chi connectivity index (χ1) is 12.3. The van der Waals surface area contributed by atoms with Gasteiger partial charge in [0, 0.05) is 31.3 Å². The van der Waals surface area contributed by atoms with E-state index >= 15 is 0 Å². The molecule has 3 saturated carbocycles. The van der Waals surface area contributed by atoms with Gasteiger partial charge in [-0.1, -0.05) is 26.7 Å². The van der Waals surface area contributed by atoms with Crippen molar-refractivity contribution in [1.82, 2.24) is 4.90 Å². The molecular formula is C23H35NO2. The Balaban J connectivity index is 1.64. The average molecular weight is 358 g/mol. The van der Waals surface area contributed by atoms with Gasteiger partial charge < -0.3 is 10.0 Å². The normalized spacial score (nSPS) is 50.3. The average Bonchev–Trinajstić information content (AvgIpc) is 2.88. The molecule has 0 aromatic rings. The second kappa shape index (κ2) is 5.99. The molecule has 0 unspecified atom stereocenters. The number of piperidine rings is 1. The number of amides is 1. The van der Waals surface area contributed by atoms with Crippen LogP contribution in [-0.4, -0.2) is 34.6 Å². The summed E-state index contributed by atoms with van der Waals surface area (Å²) < 4.78 is 0. The number of aliphatic hydroxyl groups is 1. The summed E-state index contributed by atoms with van der Waals surface area (Å²) in [5.74, 6) is 8.75. The van der Waals surface area contributed by atoms with Crippen molar-refractivity contribution in [3.8, 4) is 11.8 Å². The fourth-order valence-corrected chi connectivity index (χ4v) is 7.61. The maximum absolute atomic E-state index is 12.2. The van der Waals surface area contributed by atoms with Crippen molar-refractivity contribution in [3.05, 3.63) is 0 Å². The van der Waals surface area contributed by atoms with Gasteiger partial charge in [0.15, 0.2) is 0 Å². The van der Waals surface area contributed by atoms with Crippen molar-refractivity contribution >= 4 is 5.91 Å². The van der Waals surface area contributed by atoms with Crippen LogP contribution in [0.4, 0.5) is 0 Å². The van der Waals surface area contributed by atoms with E-state index in [1.807, 2.05) is 7.05 Å². The van der Waals surface area contributed by atoms with Gasteiger partial charge in [0.25, 0.3) is 0 Å². The molecule has 144 valence electrons. The summed E-state index contributed by atoms with van der Waals surface area (Å²) in [6.07, 6.45) is 9.12. The highest BCUT2D eigenvalue weighted by atomic mass is 16.3. The number of fused-ring (bicyclic) bond motifs is 5. The van der Waals surface area contributed by atoms with Crippen LogP contribution in [-0.2, 0) is 4.79 Å². The summed E-state index contributed by atoms with van der Waals surface area (Å²) in [4.78, 5) is 14.3. The van der Waals surface area contributed by atoms with Gasteiger partial charge in [-0.3, -0.25) is 4.79 Å². The highest BCUT2D eigenvalue weighted by Gasteiger charge is 2.64. The van der Waals surface area contributed by atoms with Crippen molar-refractivity contribution in [1.29, 1.82) is 0 Å². The van der Waals surface area contributed by atoms with Gasteiger partial charge in [-0.25, -0.2) is 0 Å². The van der Waals surface area contributed by atoms with Crippen LogP contribution in [0.1, 0.15) is 78.6 Å². The van der Waals surface area contributed by atoms with E-state index in [1.54, 1.807) is 0 Å². The molecule has 4 aliphatic rings. The van der Waals surface area contributed by atoms with Crippen LogP contribution in [0.2, 0.25) is 0 Å². The highest BCUT2D eigenvalue weighted by Crippen LogP contribution is 2.66. The number of nitrogens with zero attached hydrogens (tertiary/aromatic N) is 1. The summed E-state index contributed by atoms with van der Waals surface area (Å²) in [5, 5.41) is 11.4. The minimum atomic E-state index is -0.796. The van der Waals surface area contributed by atoms with Gasteiger partial charge in [-0.05, 0) is 68.1 Å². The van der Waals surface area contributed by atoms with E-state index in [0.717, 1.165) is 38.5 Å². The second-order valence-electron chi connectivity index (χ2n) is 9.99. The predicted octanol–water partition coefficient (Wildman–Crippen LogP) is 3.99. The molecule has 0 radical (unpaired) electrons. The number of hydrogen-bond donors (Lipinski definition) is 1. The largest absolute Gasteiger partial charge is 0.377 e. The summed E-state index contributed by atoms with van der Waals surface area (Å²) in [6, 6.07) is 0.412. The molecule has 0 aromatic carbocycles. The Morgan fingerprint density at radius 3 is 2.58 bits per heavy atom. The van der Waals surface area contributed by atoms with Gasteiger partial charge in [0.2, 0.25) is 5.91 Å². The Bertz CT molecular complexity index is 663. The number of carbonyl (C=O) groups excluding carboxylic acids is 1. The zero-order chi connectivity index (χ0) is 18.7. The van der Waals surface area contributed by atoms with Crippen LogP contribution in [0.3, 0.4) is 0 Å². The molecule has 1 saturated heterocycles. The zero-order valence-electron chi connectivity index (χ0n) is 17.0. The Hall–Kier alpha value is -1.01. The Labute approximate surface area is 158 Å². The number of hydrogen-bond acceptors (Lipinski definition) is 2. The van der Waals surface area contributed by atoms with Crippen molar-refractivity contribution in [2.75, 3.05) is 7.05 Å². The first kappa shape index (κ1) is 18.4. The molecule has 4 fully saturated rings. The van der Waals surface area contributed by atoms with Crippen LogP contribution < -0.4 is 0 Å². The van der Waals surface area contributed by atoms with Gasteiger partial charge in [-0.15, -0.1) is 5.92 Å². The third-order valence-electron chi connectivity index (χ3n) is 9.18. The first-order valence-corrected chi connectivity index (χ1v) is 10.7. The smallest absolute Gasteiger partial charge is 0.222 e. The standard InChI is InChI=1S/C23H35NO2/c1-5-6-12-23(26)15-10-18-16-7-8-19-21(2,13-11-20(25)24(19)4)17(16)9-14-22(18,23)3/h16-19,26H,5,7-11,13-15H2,1-4H3/t16-,17+,18+,19-,21-,22+,23+/m1/s1. The number of likely N-dealkylation sites (tertiary alicyclic amines) is 1. The molecule has 26 heavy (non-hydrogen) atoms. The van der Waals surface area contributed by atoms with E-state index in [1.165, 1.54) is 12.8 Å². The van der Waals surface area contributed by atoms with Crippen LogP contribution in [0.5, 0.6) is 0 Å². The maximum Gasteiger partial charge on any atom is 0.222 e. The van der Waals surface area contributed by atoms with Gasteiger partial charge in [-0.2, -0.15) is 0 Å². The molecule has 4 rings (SSSR count). The zero-order valence-corrected chi connectivity index (χ0v) is 17.0. The molecule has 1 N–H and O–H groups in total. The molecule has 3 aliphatic carbocycles. The molecule has 3 heteroatoms. The van der Waals surface area contributed by atoms with Gasteiger partial charge >= 0.3 is 0 Å². The second-order valence-corrected chi connectivity index (χ2v) is 9.99. The first-order valence-electron chi connectivity index (χ1n) is 10.7. The van der Waals surface area contributed by atoms with Crippen LogP contribution in [0.25, 0.3) is 0 Å². The quantitative estimate of drug-likeness (QED) is 0.666. The van der Waals surface area contributed by atoms with Crippen molar-refractivity contribution < 1.29 is 9.90 Å². The monoisotopic (exact) mass is 357 g/mol. The van der Waals surface area contributed by atoms with E-state index in [-0.39, 0.29) is 10.8 Å². The van der Waals surface area contributed by atoms with Crippen LogP contribution in [0.15, 0.2) is 0 Å². The molecule has 0 bridgehead atoms. The lowest BCUT2D eigenvalue weighted by atomic mass is 9.46. The van der Waals surface area contributed by atoms with Crippen molar-refractivity contribution in [3.63, 3.8) is 0 Å². The van der Waals surface area contributed by atoms with E-state index in [2.05, 4.69) is 37.5 Å². The number of rotatable bonds is 0. The Morgan fingerprint density at radius 2 is 1.85 bits per heavy atom. The highest BCUT2D eigenvalue weighted by molar-refractivity contribution is 5.77. The molecule has 3 nitrogen and oxygen atoms in total. The van der Waals surface area contributed by atoms with Crippen LogP contribution in [0, 0.1) is 40.4 Å². The third-order valence-corrected chi connectivity index (χ3v) is 9.18. The van der Waals surface area contributed by atoms with Crippen LogP contribution >= 0.6 is 0 Å². The van der Waals surface area contributed by atoms with Crippen molar-refractivity contribution in [2.45, 2.75) is 90.2 Å². The third kappa shape index (κ3) is 2.27. The Morgan fingerprint density at radius 1 is 1.12 bits per heavy atom. The summed E-state index contributed by atoms with van der Waals surface area (Å²) in [6.45, 7) is 6.83. The summed E-state index contributed by atoms with van der Waals surface area (Å²) in [5.41, 5.74) is -0.603. The van der Waals surface area contributed by atoms with Gasteiger partial charge in [0.05, 0.1) is 0 Å². The molecule has 0 spiro atoms. The molecular weight excluding hydrogens is 322 g/mol. The minimum absolute atomic E-state index is 0.0596. The van der Waals surface area contributed by atoms with E-state index in [4.69, 9.17) is 0 Å². The predicted molar refractivity (Wildman–Crippen MR) is 103 cm³/mol. The lowest BCUT2D eigenvalue weighted by Gasteiger charge is -2.62.